The molecule has 2 rings (SSSR count). The fraction of sp³-hybridized carbons (Fsp3) is 0.545. The molecule has 7 N–H and O–H groups in total. The molecule has 1 aromatic heterocycles. The largest absolute Gasteiger partial charge is 0.490 e. The van der Waals surface area contributed by atoms with Crippen LogP contribution in [0.25, 0.3) is 0 Å². The summed E-state index contributed by atoms with van der Waals surface area (Å²) in [6.45, 7) is -0.355. The molecule has 0 saturated carbocycles. The second-order valence-corrected chi connectivity index (χ2v) is 10.8. The van der Waals surface area contributed by atoms with Crippen molar-refractivity contribution >= 4 is 23.5 Å². The van der Waals surface area contributed by atoms with Crippen molar-refractivity contribution in [2.75, 3.05) is 6.61 Å². The molecule has 0 radical (unpaired) electrons. The number of phosphoric ester groups is 1. The van der Waals surface area contributed by atoms with Crippen LogP contribution in [0.5, 0.6) is 0 Å². The highest BCUT2D eigenvalue weighted by Gasteiger charge is 2.65. The van der Waals surface area contributed by atoms with Gasteiger partial charge in [-0.05, 0) is 6.92 Å². The van der Waals surface area contributed by atoms with Gasteiger partial charge in [0.25, 0.3) is 11.3 Å². The molecular weight excluding hydrogens is 507 g/mol. The molecule has 1 saturated heterocycles. The molecule has 1 aliphatic rings. The molecule has 0 amide bonds. The van der Waals surface area contributed by atoms with Gasteiger partial charge in [-0.2, -0.15) is 13.9 Å². The van der Waals surface area contributed by atoms with Crippen molar-refractivity contribution < 1.29 is 61.4 Å². The van der Waals surface area contributed by atoms with Crippen LogP contribution < -0.4 is 11.2 Å². The molecular formula is C11H16N3O15P3. The van der Waals surface area contributed by atoms with Crippen LogP contribution in [0.3, 0.4) is 0 Å². The van der Waals surface area contributed by atoms with Crippen LogP contribution in [0.4, 0.5) is 0 Å². The number of nitriles is 1. The number of aliphatic hydroxyl groups excluding tert-OH is 1. The first-order chi connectivity index (χ1) is 14.4. The first-order valence-corrected chi connectivity index (χ1v) is 12.5. The molecule has 18 nitrogen and oxygen atoms in total. The lowest BCUT2D eigenvalue weighted by molar-refractivity contribution is -0.151. The second-order valence-electron chi connectivity index (χ2n) is 6.37. The van der Waals surface area contributed by atoms with Crippen LogP contribution in [-0.4, -0.2) is 63.8 Å². The highest BCUT2D eigenvalue weighted by atomic mass is 31.3. The molecule has 6 atom stereocenters. The second kappa shape index (κ2) is 8.67. The summed E-state index contributed by atoms with van der Waals surface area (Å²) >= 11 is 0. The maximum atomic E-state index is 12.1. The first kappa shape index (κ1) is 26.7. The van der Waals surface area contributed by atoms with E-state index in [0.717, 1.165) is 19.2 Å². The van der Waals surface area contributed by atoms with Gasteiger partial charge in [0.1, 0.15) is 18.3 Å². The third-order valence-corrected chi connectivity index (χ3v) is 7.87. The quantitative estimate of drug-likeness (QED) is 0.174. The number of aliphatic hydroxyl groups is 2. The zero-order chi connectivity index (χ0) is 24.8. The number of H-pyrrole nitrogens is 1. The maximum absolute atomic E-state index is 12.1. The smallest absolute Gasteiger partial charge is 0.387 e. The van der Waals surface area contributed by atoms with Crippen LogP contribution in [0.1, 0.15) is 6.92 Å². The van der Waals surface area contributed by atoms with E-state index in [2.05, 4.69) is 13.1 Å². The Morgan fingerprint density at radius 2 is 1.81 bits per heavy atom. The standard InChI is InChI=1S/C11H16N3O15P3/c1-10(18)8(16)6(4-26-31(22,23)29-32(24,25)28-30(19,20)21)27-11(10,5-12)14-3-2-7(15)13-9(14)17/h2-3,6,8,16,18H,4H2,1H3,(H,22,23)(H,24,25)(H,13,15,17)(H2,19,20,21)/t6-,8-,10-,11-/m0/s1. The summed E-state index contributed by atoms with van der Waals surface area (Å²) in [5.41, 5.74) is -7.35. The summed E-state index contributed by atoms with van der Waals surface area (Å²) in [5, 5.41) is 30.6. The van der Waals surface area contributed by atoms with Gasteiger partial charge in [-0.15, -0.1) is 0 Å². The third-order valence-electron chi connectivity index (χ3n) is 4.07. The van der Waals surface area contributed by atoms with Crippen LogP contribution in [0, 0.1) is 11.3 Å². The van der Waals surface area contributed by atoms with Gasteiger partial charge in [-0.1, -0.05) is 0 Å². The molecule has 2 heterocycles. The van der Waals surface area contributed by atoms with Crippen molar-refractivity contribution in [1.29, 1.82) is 5.26 Å². The molecule has 2 unspecified atom stereocenters. The van der Waals surface area contributed by atoms with E-state index in [1.165, 1.54) is 6.07 Å². The molecule has 0 aromatic carbocycles. The zero-order valence-electron chi connectivity index (χ0n) is 15.6. The van der Waals surface area contributed by atoms with Gasteiger partial charge in [-0.3, -0.25) is 18.9 Å². The van der Waals surface area contributed by atoms with E-state index < -0.39 is 64.9 Å². The minimum Gasteiger partial charge on any atom is -0.387 e. The highest BCUT2D eigenvalue weighted by molar-refractivity contribution is 7.66. The maximum Gasteiger partial charge on any atom is 0.490 e. The van der Waals surface area contributed by atoms with Crippen molar-refractivity contribution in [2.24, 2.45) is 0 Å². The molecule has 0 bridgehead atoms. The number of hydrogen-bond donors (Lipinski definition) is 7. The van der Waals surface area contributed by atoms with Gasteiger partial charge in [0.2, 0.25) is 0 Å². The van der Waals surface area contributed by atoms with E-state index in [1.807, 2.05) is 0 Å². The molecule has 1 aromatic rings. The van der Waals surface area contributed by atoms with Crippen LogP contribution in [-0.2, 0) is 37.3 Å². The lowest BCUT2D eigenvalue weighted by Crippen LogP contribution is -2.58. The normalized spacial score (nSPS) is 32.1. The molecule has 180 valence electrons. The molecule has 0 aliphatic carbocycles. The van der Waals surface area contributed by atoms with Crippen LogP contribution in [0.15, 0.2) is 21.9 Å². The predicted octanol–water partition coefficient (Wildman–Crippen LogP) is -2.43. The summed E-state index contributed by atoms with van der Waals surface area (Å²) in [6, 6.07) is 2.26. The number of hydrogen-bond acceptors (Lipinski definition) is 12. The third kappa shape index (κ3) is 5.50. The number of nitrogens with zero attached hydrogens (tertiary/aromatic N) is 2. The lowest BCUT2D eigenvalue weighted by atomic mass is 9.88. The summed E-state index contributed by atoms with van der Waals surface area (Å²) in [7, 11) is -17.0. The Labute approximate surface area is 176 Å². The van der Waals surface area contributed by atoms with Gasteiger partial charge >= 0.3 is 29.2 Å². The van der Waals surface area contributed by atoms with Gasteiger partial charge in [0.15, 0.2) is 5.60 Å². The Morgan fingerprint density at radius 3 is 2.31 bits per heavy atom. The molecule has 32 heavy (non-hydrogen) atoms. The minimum absolute atomic E-state index is 0.433. The number of nitrogens with one attached hydrogen (secondary N) is 1. The fourth-order valence-electron chi connectivity index (χ4n) is 2.72. The fourth-order valence-corrected chi connectivity index (χ4v) is 5.75. The van der Waals surface area contributed by atoms with E-state index in [-0.39, 0.29) is 0 Å². The number of rotatable bonds is 8. The summed E-state index contributed by atoms with van der Waals surface area (Å²) in [6.07, 6.45) is -3.17. The average molecular weight is 523 g/mol. The Kier molecular flexibility index (Phi) is 7.24. The predicted molar refractivity (Wildman–Crippen MR) is 96.2 cm³/mol. The Balaban J connectivity index is 2.28. The topological polar surface area (TPSA) is 288 Å². The van der Waals surface area contributed by atoms with E-state index in [9.17, 15) is 43.7 Å². The van der Waals surface area contributed by atoms with Crippen molar-refractivity contribution in [3.63, 3.8) is 0 Å². The summed E-state index contributed by atoms with van der Waals surface area (Å²) < 4.78 is 50.8. The van der Waals surface area contributed by atoms with Gasteiger partial charge in [0, 0.05) is 12.3 Å². The Hall–Kier alpha value is -1.54. The van der Waals surface area contributed by atoms with Crippen LogP contribution in [0.2, 0.25) is 0 Å². The number of ether oxygens (including phenoxy) is 1. The number of phosphoric acid groups is 3. The zero-order valence-corrected chi connectivity index (χ0v) is 18.3. The van der Waals surface area contributed by atoms with Gasteiger partial charge in [0.05, 0.1) is 6.61 Å². The molecule has 1 fully saturated rings. The van der Waals surface area contributed by atoms with Gasteiger partial charge < -0.3 is 34.5 Å². The Bertz CT molecular complexity index is 1180. The monoisotopic (exact) mass is 523 g/mol. The van der Waals surface area contributed by atoms with E-state index in [0.29, 0.717) is 4.57 Å². The first-order valence-electron chi connectivity index (χ1n) is 7.96. The van der Waals surface area contributed by atoms with Gasteiger partial charge in [-0.25, -0.2) is 18.5 Å². The van der Waals surface area contributed by atoms with E-state index in [1.54, 1.807) is 4.98 Å². The SMILES string of the molecule is C[C@]1(O)[C@@H](O)[C@H](COP(=O)(O)OP(=O)(O)OP(=O)(O)O)O[C@]1(C#N)n1ccc(=O)[nH]c1=O. The minimum atomic E-state index is -5.81. The van der Waals surface area contributed by atoms with Crippen molar-refractivity contribution in [3.8, 4) is 6.07 Å². The highest BCUT2D eigenvalue weighted by Crippen LogP contribution is 2.66. The lowest BCUT2D eigenvalue weighted by Gasteiger charge is -2.34. The Morgan fingerprint density at radius 1 is 1.22 bits per heavy atom. The molecule has 1 aliphatic heterocycles. The number of aromatic nitrogens is 2. The van der Waals surface area contributed by atoms with Crippen LogP contribution >= 0.6 is 23.5 Å². The van der Waals surface area contributed by atoms with E-state index >= 15 is 0 Å². The van der Waals surface area contributed by atoms with Crippen molar-refractivity contribution in [3.05, 3.63) is 33.1 Å². The molecule has 21 heteroatoms. The van der Waals surface area contributed by atoms with E-state index in [4.69, 9.17) is 19.4 Å². The summed E-state index contributed by atoms with van der Waals surface area (Å²) in [5.74, 6) is 0. The van der Waals surface area contributed by atoms with Crippen molar-refractivity contribution in [2.45, 2.75) is 30.5 Å². The molecule has 0 spiro atoms. The van der Waals surface area contributed by atoms with Crippen molar-refractivity contribution in [1.82, 2.24) is 9.55 Å². The number of aromatic amines is 1. The average Bonchev–Trinajstić information content (AvgIpc) is 2.77. The summed E-state index contributed by atoms with van der Waals surface area (Å²) in [4.78, 5) is 60.7.